The van der Waals surface area contributed by atoms with Gasteiger partial charge in [0.15, 0.2) is 0 Å². The van der Waals surface area contributed by atoms with E-state index in [9.17, 15) is 9.59 Å². The van der Waals surface area contributed by atoms with E-state index in [1.165, 1.54) is 5.56 Å². The molecular formula is C22H26N4O2. The van der Waals surface area contributed by atoms with Crippen LogP contribution < -0.4 is 15.5 Å². The van der Waals surface area contributed by atoms with Crippen molar-refractivity contribution in [3.63, 3.8) is 0 Å². The first kappa shape index (κ1) is 18.3. The average molecular weight is 378 g/mol. The number of benzene rings is 2. The van der Waals surface area contributed by atoms with Crippen LogP contribution in [0.4, 0.5) is 10.5 Å². The van der Waals surface area contributed by atoms with Crippen LogP contribution >= 0.6 is 0 Å². The number of carbonyl (C=O) groups excluding carboxylic acids is 2. The van der Waals surface area contributed by atoms with Crippen LogP contribution in [0.25, 0.3) is 0 Å². The lowest BCUT2D eigenvalue weighted by Gasteiger charge is -2.43. The van der Waals surface area contributed by atoms with Gasteiger partial charge in [0.25, 0.3) is 0 Å². The van der Waals surface area contributed by atoms with Crippen LogP contribution in [0.15, 0.2) is 54.6 Å². The van der Waals surface area contributed by atoms with Gasteiger partial charge in [-0.2, -0.15) is 0 Å². The molecule has 2 fully saturated rings. The van der Waals surface area contributed by atoms with Crippen LogP contribution in [0, 0.1) is 6.92 Å². The Morgan fingerprint density at radius 3 is 2.43 bits per heavy atom. The van der Waals surface area contributed by atoms with Crippen molar-refractivity contribution in [3.05, 3.63) is 65.7 Å². The van der Waals surface area contributed by atoms with Gasteiger partial charge >= 0.3 is 6.03 Å². The van der Waals surface area contributed by atoms with Crippen molar-refractivity contribution >= 4 is 17.6 Å². The highest BCUT2D eigenvalue weighted by Gasteiger charge is 2.50. The third-order valence-corrected chi connectivity index (χ3v) is 5.85. The molecule has 0 saturated carbocycles. The SMILES string of the molecule is Cc1ccc(CNC(=O)N2CCC3(CC2)C(=O)NCN3c2ccccc2)cc1. The zero-order valence-corrected chi connectivity index (χ0v) is 16.1. The highest BCUT2D eigenvalue weighted by Crippen LogP contribution is 2.36. The molecule has 2 aliphatic heterocycles. The molecule has 0 atom stereocenters. The third kappa shape index (κ3) is 3.42. The summed E-state index contributed by atoms with van der Waals surface area (Å²) in [6.45, 7) is 4.21. The van der Waals surface area contributed by atoms with Crippen LogP contribution in [0.2, 0.25) is 0 Å². The second-order valence-electron chi connectivity index (χ2n) is 7.59. The Labute approximate surface area is 165 Å². The Hall–Kier alpha value is -3.02. The van der Waals surface area contributed by atoms with Crippen LogP contribution in [-0.2, 0) is 11.3 Å². The van der Waals surface area contributed by atoms with Gasteiger partial charge in [0.2, 0.25) is 5.91 Å². The van der Waals surface area contributed by atoms with Gasteiger partial charge in [0.05, 0.1) is 6.67 Å². The van der Waals surface area contributed by atoms with Crippen molar-refractivity contribution in [3.8, 4) is 0 Å². The fourth-order valence-corrected chi connectivity index (χ4v) is 4.11. The molecule has 2 aromatic rings. The van der Waals surface area contributed by atoms with Gasteiger partial charge in [0.1, 0.15) is 5.54 Å². The molecule has 4 rings (SSSR count). The van der Waals surface area contributed by atoms with Crippen LogP contribution in [-0.4, -0.2) is 42.1 Å². The highest BCUT2D eigenvalue weighted by molar-refractivity contribution is 5.93. The predicted octanol–water partition coefficient (Wildman–Crippen LogP) is 2.63. The predicted molar refractivity (Wildman–Crippen MR) is 109 cm³/mol. The van der Waals surface area contributed by atoms with E-state index in [0.29, 0.717) is 39.1 Å². The van der Waals surface area contributed by atoms with E-state index in [0.717, 1.165) is 11.3 Å². The smallest absolute Gasteiger partial charge is 0.317 e. The Morgan fingerprint density at radius 2 is 1.75 bits per heavy atom. The molecule has 146 valence electrons. The minimum Gasteiger partial charge on any atom is -0.339 e. The lowest BCUT2D eigenvalue weighted by atomic mass is 9.85. The maximum Gasteiger partial charge on any atom is 0.317 e. The van der Waals surface area contributed by atoms with Gasteiger partial charge in [-0.3, -0.25) is 4.79 Å². The van der Waals surface area contributed by atoms with Crippen LogP contribution in [0.5, 0.6) is 0 Å². The Morgan fingerprint density at radius 1 is 1.07 bits per heavy atom. The maximum absolute atomic E-state index is 12.7. The van der Waals surface area contributed by atoms with Crippen molar-refractivity contribution < 1.29 is 9.59 Å². The van der Waals surface area contributed by atoms with Gasteiger partial charge in [0, 0.05) is 25.3 Å². The number of amides is 3. The summed E-state index contributed by atoms with van der Waals surface area (Å²) in [5.41, 5.74) is 2.76. The third-order valence-electron chi connectivity index (χ3n) is 5.85. The normalized spacial score (nSPS) is 18.2. The van der Waals surface area contributed by atoms with Crippen molar-refractivity contribution in [2.45, 2.75) is 31.8 Å². The molecule has 0 bridgehead atoms. The second kappa shape index (κ2) is 7.54. The number of hydrogen-bond acceptors (Lipinski definition) is 3. The van der Waals surface area contributed by atoms with Gasteiger partial charge in [-0.05, 0) is 37.5 Å². The quantitative estimate of drug-likeness (QED) is 0.863. The minimum absolute atomic E-state index is 0.0658. The fraction of sp³-hybridized carbons (Fsp3) is 0.364. The molecule has 0 unspecified atom stereocenters. The van der Waals surface area contributed by atoms with E-state index in [2.05, 4.69) is 15.5 Å². The molecule has 3 amide bonds. The van der Waals surface area contributed by atoms with Gasteiger partial charge < -0.3 is 20.4 Å². The monoisotopic (exact) mass is 378 g/mol. The lowest BCUT2D eigenvalue weighted by molar-refractivity contribution is -0.124. The molecule has 0 aliphatic carbocycles. The number of para-hydroxylation sites is 1. The van der Waals surface area contributed by atoms with Crippen molar-refractivity contribution in [2.75, 3.05) is 24.7 Å². The van der Waals surface area contributed by atoms with E-state index in [4.69, 9.17) is 0 Å². The van der Waals surface area contributed by atoms with E-state index < -0.39 is 5.54 Å². The molecule has 2 N–H and O–H groups in total. The largest absolute Gasteiger partial charge is 0.339 e. The van der Waals surface area contributed by atoms with Gasteiger partial charge in [-0.25, -0.2) is 4.79 Å². The number of likely N-dealkylation sites (tertiary alicyclic amines) is 1. The summed E-state index contributed by atoms with van der Waals surface area (Å²) in [4.78, 5) is 29.2. The summed E-state index contributed by atoms with van der Waals surface area (Å²) in [7, 11) is 0. The first-order valence-corrected chi connectivity index (χ1v) is 9.78. The standard InChI is InChI=1S/C22H26N4O2/c1-17-7-9-18(10-8-17)15-23-21(28)25-13-11-22(12-14-25)20(27)24-16-26(22)19-5-3-2-4-6-19/h2-10H,11-16H2,1H3,(H,23,28)(H,24,27). The van der Waals surface area contributed by atoms with Crippen molar-refractivity contribution in [1.82, 2.24) is 15.5 Å². The molecule has 6 heteroatoms. The molecule has 0 aromatic heterocycles. The molecule has 0 radical (unpaired) electrons. The molecule has 6 nitrogen and oxygen atoms in total. The summed E-state index contributed by atoms with van der Waals surface area (Å²) < 4.78 is 0. The summed E-state index contributed by atoms with van der Waals surface area (Å²) in [6, 6.07) is 18.1. The molecule has 2 saturated heterocycles. The number of anilines is 1. The number of piperidine rings is 1. The molecular weight excluding hydrogens is 352 g/mol. The van der Waals surface area contributed by atoms with Gasteiger partial charge in [-0.1, -0.05) is 48.0 Å². The number of hydrogen-bond donors (Lipinski definition) is 2. The number of nitrogens with one attached hydrogen (secondary N) is 2. The van der Waals surface area contributed by atoms with Crippen LogP contribution in [0.1, 0.15) is 24.0 Å². The summed E-state index contributed by atoms with van der Waals surface area (Å²) >= 11 is 0. The average Bonchev–Trinajstić information content (AvgIpc) is 3.04. The number of urea groups is 1. The lowest BCUT2D eigenvalue weighted by Crippen LogP contribution is -2.58. The Bertz CT molecular complexity index is 843. The minimum atomic E-state index is -0.560. The summed E-state index contributed by atoms with van der Waals surface area (Å²) in [5, 5.41) is 5.99. The van der Waals surface area contributed by atoms with Crippen LogP contribution in [0.3, 0.4) is 0 Å². The van der Waals surface area contributed by atoms with E-state index >= 15 is 0 Å². The maximum atomic E-state index is 12.7. The topological polar surface area (TPSA) is 64.7 Å². The number of rotatable bonds is 3. The Kier molecular flexibility index (Phi) is 4.94. The van der Waals surface area contributed by atoms with Gasteiger partial charge in [-0.15, -0.1) is 0 Å². The highest BCUT2D eigenvalue weighted by atomic mass is 16.2. The second-order valence-corrected chi connectivity index (χ2v) is 7.59. The van der Waals surface area contributed by atoms with Crippen molar-refractivity contribution in [2.24, 2.45) is 0 Å². The summed E-state index contributed by atoms with van der Waals surface area (Å²) in [5.74, 6) is 0.0658. The number of carbonyl (C=O) groups is 2. The fourth-order valence-electron chi connectivity index (χ4n) is 4.11. The first-order chi connectivity index (χ1) is 13.6. The van der Waals surface area contributed by atoms with E-state index in [1.54, 1.807) is 0 Å². The number of aryl methyl sites for hydroxylation is 1. The zero-order chi connectivity index (χ0) is 19.6. The summed E-state index contributed by atoms with van der Waals surface area (Å²) in [6.07, 6.45) is 1.26. The van der Waals surface area contributed by atoms with Crippen molar-refractivity contribution in [1.29, 1.82) is 0 Å². The molecule has 28 heavy (non-hydrogen) atoms. The zero-order valence-electron chi connectivity index (χ0n) is 16.1. The Balaban J connectivity index is 1.38. The van der Waals surface area contributed by atoms with E-state index in [1.807, 2.05) is 66.4 Å². The molecule has 1 spiro atoms. The van der Waals surface area contributed by atoms with E-state index in [-0.39, 0.29) is 11.9 Å². The number of nitrogens with zero attached hydrogens (tertiary/aromatic N) is 2. The first-order valence-electron chi connectivity index (χ1n) is 9.78. The molecule has 2 aromatic carbocycles. The molecule has 2 aliphatic rings. The molecule has 2 heterocycles.